The highest BCUT2D eigenvalue weighted by atomic mass is 32.2. The summed E-state index contributed by atoms with van der Waals surface area (Å²) in [6.45, 7) is 1.73. The van der Waals surface area contributed by atoms with Gasteiger partial charge in [-0.1, -0.05) is 24.3 Å². The molecule has 1 aromatic heterocycles. The Bertz CT molecular complexity index is 1370. The number of carbonyl (C=O) groups is 4. The van der Waals surface area contributed by atoms with Gasteiger partial charge in [0, 0.05) is 5.69 Å². The van der Waals surface area contributed by atoms with E-state index in [0.29, 0.717) is 35.1 Å². The van der Waals surface area contributed by atoms with Crippen LogP contribution in [-0.2, 0) is 16.2 Å². The van der Waals surface area contributed by atoms with Gasteiger partial charge in [0.25, 0.3) is 11.1 Å². The Morgan fingerprint density at radius 1 is 1.05 bits per heavy atom. The number of amides is 3. The first-order valence-electron chi connectivity index (χ1n) is 11.2. The zero-order valence-electron chi connectivity index (χ0n) is 19.6. The molecule has 3 amide bonds. The highest BCUT2D eigenvalue weighted by Gasteiger charge is 2.36. The molecule has 4 rings (SSSR count). The van der Waals surface area contributed by atoms with Gasteiger partial charge in [0.05, 0.1) is 11.5 Å². The van der Waals surface area contributed by atoms with Crippen molar-refractivity contribution in [1.29, 1.82) is 0 Å². The van der Waals surface area contributed by atoms with E-state index in [0.717, 1.165) is 16.7 Å². The lowest BCUT2D eigenvalue weighted by atomic mass is 10.2. The number of thioether (sulfide) groups is 1. The number of hydrogen-bond donors (Lipinski definition) is 2. The lowest BCUT2D eigenvalue weighted by molar-refractivity contribution is -0.127. The van der Waals surface area contributed by atoms with E-state index in [1.807, 2.05) is 6.07 Å². The summed E-state index contributed by atoms with van der Waals surface area (Å²) in [5.41, 5.74) is 1.15. The van der Waals surface area contributed by atoms with Crippen LogP contribution in [0.4, 0.5) is 10.5 Å². The van der Waals surface area contributed by atoms with Crippen LogP contribution in [0.1, 0.15) is 28.8 Å². The summed E-state index contributed by atoms with van der Waals surface area (Å²) in [6.07, 6.45) is 1.54. The zero-order chi connectivity index (χ0) is 26.4. The fraction of sp³-hybridized carbons (Fsp3) is 0.154. The fourth-order valence-electron chi connectivity index (χ4n) is 3.37. The van der Waals surface area contributed by atoms with E-state index < -0.39 is 29.6 Å². The van der Waals surface area contributed by atoms with Crippen molar-refractivity contribution in [3.8, 4) is 11.5 Å². The summed E-state index contributed by atoms with van der Waals surface area (Å²) < 4.78 is 16.6. The number of para-hydroxylation sites is 1. The van der Waals surface area contributed by atoms with Gasteiger partial charge in [-0.3, -0.25) is 19.3 Å². The third-order valence-electron chi connectivity index (χ3n) is 5.04. The zero-order valence-corrected chi connectivity index (χ0v) is 20.4. The highest BCUT2D eigenvalue weighted by molar-refractivity contribution is 8.18. The minimum Gasteiger partial charge on any atom is -0.490 e. The quantitative estimate of drug-likeness (QED) is 0.365. The molecule has 1 aliphatic rings. The van der Waals surface area contributed by atoms with Gasteiger partial charge in [-0.25, -0.2) is 4.79 Å². The Hall–Kier alpha value is -4.51. The van der Waals surface area contributed by atoms with E-state index >= 15 is 0 Å². The Morgan fingerprint density at radius 3 is 2.54 bits per heavy atom. The molecule has 1 saturated heterocycles. The van der Waals surface area contributed by atoms with Crippen LogP contribution >= 0.6 is 11.8 Å². The van der Waals surface area contributed by atoms with E-state index in [9.17, 15) is 19.2 Å². The van der Waals surface area contributed by atoms with Crippen LogP contribution in [0.2, 0.25) is 0 Å². The minimum absolute atomic E-state index is 0.0172. The van der Waals surface area contributed by atoms with Gasteiger partial charge in [0.1, 0.15) is 18.9 Å². The van der Waals surface area contributed by atoms with Crippen molar-refractivity contribution in [3.05, 3.63) is 82.7 Å². The number of carboxylic acid groups (broad SMARTS) is 1. The maximum absolute atomic E-state index is 12.8. The van der Waals surface area contributed by atoms with E-state index in [1.54, 1.807) is 49.4 Å². The van der Waals surface area contributed by atoms with Crippen molar-refractivity contribution in [2.45, 2.75) is 13.5 Å². The van der Waals surface area contributed by atoms with Crippen LogP contribution in [0.3, 0.4) is 0 Å². The molecule has 1 aliphatic heterocycles. The molecule has 0 bridgehead atoms. The molecule has 190 valence electrons. The molecule has 0 radical (unpaired) electrons. The number of ether oxygens (including phenoxy) is 2. The van der Waals surface area contributed by atoms with Gasteiger partial charge in [0.2, 0.25) is 11.7 Å². The van der Waals surface area contributed by atoms with Crippen LogP contribution in [0.15, 0.2) is 70.0 Å². The molecule has 2 N–H and O–H groups in total. The van der Waals surface area contributed by atoms with Crippen LogP contribution in [0.25, 0.3) is 6.08 Å². The number of carbonyl (C=O) groups excluding carboxylic acids is 3. The maximum atomic E-state index is 12.8. The molecule has 2 aromatic carbocycles. The van der Waals surface area contributed by atoms with Crippen LogP contribution in [0, 0.1) is 0 Å². The van der Waals surface area contributed by atoms with Gasteiger partial charge in [-0.2, -0.15) is 0 Å². The maximum Gasteiger partial charge on any atom is 0.371 e. The van der Waals surface area contributed by atoms with Crippen molar-refractivity contribution in [1.82, 2.24) is 4.90 Å². The fourth-order valence-corrected chi connectivity index (χ4v) is 4.21. The summed E-state index contributed by atoms with van der Waals surface area (Å²) in [5, 5.41) is 11.1. The standard InChI is InChI=1S/C26H22N2O8S/c1-2-34-21-12-16(8-10-19(21)35-15-18-9-11-20(36-18)25(31)32)13-22-24(30)28(26(33)37-22)14-23(29)27-17-6-4-3-5-7-17/h3-13H,2,14-15H2,1H3,(H,27,29)(H,31,32). The Labute approximate surface area is 215 Å². The highest BCUT2D eigenvalue weighted by Crippen LogP contribution is 2.35. The number of furan rings is 1. The number of benzene rings is 2. The third kappa shape index (κ3) is 6.39. The molecule has 0 unspecified atom stereocenters. The number of imide groups is 1. The van der Waals surface area contributed by atoms with Gasteiger partial charge in [0.15, 0.2) is 11.5 Å². The summed E-state index contributed by atoms with van der Waals surface area (Å²) in [7, 11) is 0. The average molecular weight is 523 g/mol. The van der Waals surface area contributed by atoms with Crippen molar-refractivity contribution >= 4 is 46.5 Å². The molecular weight excluding hydrogens is 500 g/mol. The lowest BCUT2D eigenvalue weighted by Crippen LogP contribution is -2.36. The molecule has 10 nitrogen and oxygen atoms in total. The number of anilines is 1. The number of hydrogen-bond acceptors (Lipinski definition) is 8. The molecule has 11 heteroatoms. The molecule has 0 aliphatic carbocycles. The second-order valence-electron chi connectivity index (χ2n) is 7.68. The first-order chi connectivity index (χ1) is 17.8. The predicted molar refractivity (Wildman–Crippen MR) is 135 cm³/mol. The molecule has 37 heavy (non-hydrogen) atoms. The molecule has 0 atom stereocenters. The van der Waals surface area contributed by atoms with Gasteiger partial charge >= 0.3 is 5.97 Å². The number of aromatic carboxylic acids is 1. The van der Waals surface area contributed by atoms with Crippen molar-refractivity contribution in [2.24, 2.45) is 0 Å². The second-order valence-corrected chi connectivity index (χ2v) is 8.67. The lowest BCUT2D eigenvalue weighted by Gasteiger charge is -2.13. The third-order valence-corrected chi connectivity index (χ3v) is 5.95. The van der Waals surface area contributed by atoms with E-state index in [-0.39, 0.29) is 17.3 Å². The van der Waals surface area contributed by atoms with Crippen LogP contribution < -0.4 is 14.8 Å². The number of nitrogens with one attached hydrogen (secondary N) is 1. The van der Waals surface area contributed by atoms with Gasteiger partial charge < -0.3 is 24.3 Å². The van der Waals surface area contributed by atoms with Crippen LogP contribution in [-0.4, -0.2) is 46.2 Å². The minimum atomic E-state index is -1.17. The van der Waals surface area contributed by atoms with Gasteiger partial charge in [-0.15, -0.1) is 0 Å². The summed E-state index contributed by atoms with van der Waals surface area (Å²) in [4.78, 5) is 49.6. The largest absolute Gasteiger partial charge is 0.490 e. The SMILES string of the molecule is CCOc1cc(C=C2SC(=O)N(CC(=O)Nc3ccccc3)C2=O)ccc1OCc1ccc(C(=O)O)o1. The van der Waals surface area contributed by atoms with E-state index in [4.69, 9.17) is 19.0 Å². The number of carboxylic acids is 1. The second kappa shape index (κ2) is 11.5. The van der Waals surface area contributed by atoms with Crippen LogP contribution in [0.5, 0.6) is 11.5 Å². The van der Waals surface area contributed by atoms with Crippen molar-refractivity contribution < 1.29 is 38.2 Å². The topological polar surface area (TPSA) is 135 Å². The monoisotopic (exact) mass is 522 g/mol. The molecular formula is C26H22N2O8S. The Balaban J connectivity index is 1.44. The predicted octanol–water partition coefficient (Wildman–Crippen LogP) is 4.63. The molecule has 0 saturated carbocycles. The molecule has 2 heterocycles. The summed E-state index contributed by atoms with van der Waals surface area (Å²) in [6, 6.07) is 16.6. The summed E-state index contributed by atoms with van der Waals surface area (Å²) in [5.74, 6) is -1.31. The average Bonchev–Trinajstić information content (AvgIpc) is 3.45. The Kier molecular flexibility index (Phi) is 7.94. The van der Waals surface area contributed by atoms with E-state index in [2.05, 4.69) is 5.32 Å². The molecule has 3 aromatic rings. The Morgan fingerprint density at radius 2 is 1.84 bits per heavy atom. The van der Waals surface area contributed by atoms with Crippen molar-refractivity contribution in [2.75, 3.05) is 18.5 Å². The first-order valence-corrected chi connectivity index (χ1v) is 12.0. The molecule has 0 spiro atoms. The van der Waals surface area contributed by atoms with Gasteiger partial charge in [-0.05, 0) is 66.7 Å². The van der Waals surface area contributed by atoms with E-state index in [1.165, 1.54) is 18.2 Å². The smallest absolute Gasteiger partial charge is 0.371 e. The summed E-state index contributed by atoms with van der Waals surface area (Å²) >= 11 is 0.747. The van der Waals surface area contributed by atoms with Crippen molar-refractivity contribution in [3.63, 3.8) is 0 Å². The number of rotatable bonds is 10. The normalized spacial score (nSPS) is 14.2. The number of nitrogens with zero attached hydrogens (tertiary/aromatic N) is 1. The molecule has 1 fully saturated rings. The first kappa shape index (κ1) is 25.6.